The van der Waals surface area contributed by atoms with Gasteiger partial charge in [0.25, 0.3) is 0 Å². The van der Waals surface area contributed by atoms with Crippen LogP contribution in [-0.4, -0.2) is 24.1 Å². The van der Waals surface area contributed by atoms with Crippen LogP contribution in [0.4, 0.5) is 5.69 Å². The Kier molecular flexibility index (Phi) is 3.81. The summed E-state index contributed by atoms with van der Waals surface area (Å²) in [6.45, 7) is 4.05. The Balaban J connectivity index is 2.08. The summed E-state index contributed by atoms with van der Waals surface area (Å²) in [5.41, 5.74) is 8.19. The number of hydrogen-bond acceptors (Lipinski definition) is 3. The second-order valence-electron chi connectivity index (χ2n) is 5.61. The van der Waals surface area contributed by atoms with E-state index < -0.39 is 0 Å². The second kappa shape index (κ2) is 5.58. The lowest BCUT2D eigenvalue weighted by Gasteiger charge is -2.41. The Morgan fingerprint density at radius 2 is 2.25 bits per heavy atom. The van der Waals surface area contributed by atoms with Crippen molar-refractivity contribution in [3.8, 4) is 0 Å². The minimum absolute atomic E-state index is 0.407. The lowest BCUT2D eigenvalue weighted by molar-refractivity contribution is 0.350. The molecule has 106 valence electrons. The van der Waals surface area contributed by atoms with Gasteiger partial charge in [-0.3, -0.25) is 4.98 Å². The van der Waals surface area contributed by atoms with Gasteiger partial charge < -0.3 is 10.6 Å². The lowest BCUT2D eigenvalue weighted by Crippen LogP contribution is -2.48. The first-order valence-electron chi connectivity index (χ1n) is 7.21. The van der Waals surface area contributed by atoms with Crippen molar-refractivity contribution in [2.24, 2.45) is 11.7 Å². The number of nitrogens with zero attached hydrogens (tertiary/aromatic N) is 2. The monoisotopic (exact) mass is 289 g/mol. The van der Waals surface area contributed by atoms with Gasteiger partial charge in [0.15, 0.2) is 0 Å². The molecule has 1 aliphatic rings. The number of fused-ring (bicyclic) bond motifs is 1. The molecule has 2 N–H and O–H groups in total. The van der Waals surface area contributed by atoms with Crippen LogP contribution >= 0.6 is 11.6 Å². The van der Waals surface area contributed by atoms with Gasteiger partial charge in [-0.05, 0) is 43.0 Å². The highest BCUT2D eigenvalue weighted by Gasteiger charge is 2.28. The Labute approximate surface area is 124 Å². The molecule has 0 radical (unpaired) electrons. The van der Waals surface area contributed by atoms with E-state index in [1.807, 2.05) is 18.3 Å². The quantitative estimate of drug-likeness (QED) is 0.921. The molecule has 20 heavy (non-hydrogen) atoms. The topological polar surface area (TPSA) is 42.2 Å². The Morgan fingerprint density at radius 3 is 3.05 bits per heavy atom. The predicted octanol–water partition coefficient (Wildman–Crippen LogP) is 3.45. The number of aromatic nitrogens is 1. The molecule has 4 heteroatoms. The van der Waals surface area contributed by atoms with Gasteiger partial charge >= 0.3 is 0 Å². The van der Waals surface area contributed by atoms with Gasteiger partial charge in [0, 0.05) is 41.4 Å². The smallest absolute Gasteiger partial charge is 0.0737 e. The Morgan fingerprint density at radius 1 is 1.40 bits per heavy atom. The standard InChI is InChI=1S/C16H20ClN3/c1-11-3-2-8-20(16(11)10-18)15-6-7-19-14-9-12(17)4-5-13(14)15/h4-7,9,11,16H,2-3,8,10,18H2,1H3. The van der Waals surface area contributed by atoms with Crippen molar-refractivity contribution in [3.63, 3.8) is 0 Å². The first-order chi connectivity index (χ1) is 9.70. The summed E-state index contributed by atoms with van der Waals surface area (Å²) in [7, 11) is 0. The SMILES string of the molecule is CC1CCCN(c2ccnc3cc(Cl)ccc23)C1CN. The van der Waals surface area contributed by atoms with Gasteiger partial charge in [0.1, 0.15) is 0 Å². The van der Waals surface area contributed by atoms with Crippen LogP contribution in [0.1, 0.15) is 19.8 Å². The van der Waals surface area contributed by atoms with Crippen LogP contribution in [0.5, 0.6) is 0 Å². The zero-order valence-electron chi connectivity index (χ0n) is 11.7. The molecule has 1 aliphatic heterocycles. The van der Waals surface area contributed by atoms with E-state index in [0.717, 1.165) is 22.5 Å². The molecule has 2 aromatic rings. The molecule has 3 nitrogen and oxygen atoms in total. The summed E-state index contributed by atoms with van der Waals surface area (Å²) in [5.74, 6) is 0.629. The van der Waals surface area contributed by atoms with E-state index in [0.29, 0.717) is 18.5 Å². The molecule has 1 aromatic heterocycles. The highest BCUT2D eigenvalue weighted by Crippen LogP contribution is 2.33. The molecule has 1 aromatic carbocycles. The van der Waals surface area contributed by atoms with E-state index in [4.69, 9.17) is 17.3 Å². The largest absolute Gasteiger partial charge is 0.366 e. The average molecular weight is 290 g/mol. The molecular weight excluding hydrogens is 270 g/mol. The second-order valence-corrected chi connectivity index (χ2v) is 6.04. The van der Waals surface area contributed by atoms with Crippen LogP contribution in [0.25, 0.3) is 10.9 Å². The summed E-state index contributed by atoms with van der Waals surface area (Å²) < 4.78 is 0. The van der Waals surface area contributed by atoms with Crippen molar-refractivity contribution in [2.45, 2.75) is 25.8 Å². The van der Waals surface area contributed by atoms with Crippen molar-refractivity contribution in [2.75, 3.05) is 18.0 Å². The molecule has 0 spiro atoms. The number of nitrogens with two attached hydrogens (primary N) is 1. The zero-order valence-corrected chi connectivity index (χ0v) is 12.5. The molecule has 3 rings (SSSR count). The lowest BCUT2D eigenvalue weighted by atomic mass is 9.90. The third-order valence-electron chi connectivity index (χ3n) is 4.35. The van der Waals surface area contributed by atoms with E-state index in [2.05, 4.69) is 28.9 Å². The molecule has 2 atom stereocenters. The van der Waals surface area contributed by atoms with Gasteiger partial charge in [0.2, 0.25) is 0 Å². The van der Waals surface area contributed by atoms with Crippen molar-refractivity contribution < 1.29 is 0 Å². The van der Waals surface area contributed by atoms with Gasteiger partial charge in [-0.2, -0.15) is 0 Å². The fourth-order valence-corrected chi connectivity index (χ4v) is 3.43. The molecule has 1 fully saturated rings. The van der Waals surface area contributed by atoms with Crippen LogP contribution in [0, 0.1) is 5.92 Å². The molecule has 1 saturated heterocycles. The first-order valence-corrected chi connectivity index (χ1v) is 7.59. The van der Waals surface area contributed by atoms with Crippen molar-refractivity contribution in [3.05, 3.63) is 35.5 Å². The summed E-state index contributed by atoms with van der Waals surface area (Å²) in [4.78, 5) is 6.88. The third kappa shape index (κ3) is 2.36. The van der Waals surface area contributed by atoms with Crippen molar-refractivity contribution >= 4 is 28.2 Å². The number of pyridine rings is 1. The summed E-state index contributed by atoms with van der Waals surface area (Å²) in [5, 5.41) is 1.88. The minimum Gasteiger partial charge on any atom is -0.366 e. The molecule has 2 heterocycles. The number of benzene rings is 1. The third-order valence-corrected chi connectivity index (χ3v) is 4.58. The zero-order chi connectivity index (χ0) is 14.1. The summed E-state index contributed by atoms with van der Waals surface area (Å²) in [6, 6.07) is 8.42. The fourth-order valence-electron chi connectivity index (χ4n) is 3.26. The average Bonchev–Trinajstić information content (AvgIpc) is 2.46. The van der Waals surface area contributed by atoms with E-state index in [1.54, 1.807) is 0 Å². The summed E-state index contributed by atoms with van der Waals surface area (Å²) >= 11 is 6.06. The number of hydrogen-bond donors (Lipinski definition) is 1. The maximum atomic E-state index is 6.06. The number of anilines is 1. The summed E-state index contributed by atoms with van der Waals surface area (Å²) in [6.07, 6.45) is 4.34. The van der Waals surface area contributed by atoms with Crippen LogP contribution in [-0.2, 0) is 0 Å². The van der Waals surface area contributed by atoms with Crippen molar-refractivity contribution in [1.29, 1.82) is 0 Å². The first kappa shape index (κ1) is 13.7. The number of halogens is 1. The molecule has 2 unspecified atom stereocenters. The normalized spacial score (nSPS) is 23.2. The number of piperidine rings is 1. The van der Waals surface area contributed by atoms with E-state index in [9.17, 15) is 0 Å². The Bertz CT molecular complexity index is 614. The van der Waals surface area contributed by atoms with E-state index in [-0.39, 0.29) is 0 Å². The maximum absolute atomic E-state index is 6.06. The molecule has 0 amide bonds. The number of rotatable bonds is 2. The highest BCUT2D eigenvalue weighted by molar-refractivity contribution is 6.31. The van der Waals surface area contributed by atoms with E-state index >= 15 is 0 Å². The van der Waals surface area contributed by atoms with Crippen molar-refractivity contribution in [1.82, 2.24) is 4.98 Å². The molecule has 0 bridgehead atoms. The fraction of sp³-hybridized carbons (Fsp3) is 0.438. The molecule has 0 aliphatic carbocycles. The van der Waals surface area contributed by atoms with Crippen LogP contribution in [0.3, 0.4) is 0 Å². The Hall–Kier alpha value is -1.32. The van der Waals surface area contributed by atoms with Gasteiger partial charge in [-0.15, -0.1) is 0 Å². The van der Waals surface area contributed by atoms with Crippen LogP contribution in [0.2, 0.25) is 5.02 Å². The van der Waals surface area contributed by atoms with Crippen LogP contribution < -0.4 is 10.6 Å². The maximum Gasteiger partial charge on any atom is 0.0737 e. The predicted molar refractivity (Wildman–Crippen MR) is 85.3 cm³/mol. The minimum atomic E-state index is 0.407. The van der Waals surface area contributed by atoms with Crippen LogP contribution in [0.15, 0.2) is 30.5 Å². The van der Waals surface area contributed by atoms with E-state index in [1.165, 1.54) is 18.5 Å². The highest BCUT2D eigenvalue weighted by atomic mass is 35.5. The molecule has 0 saturated carbocycles. The van der Waals surface area contributed by atoms with Gasteiger partial charge in [0.05, 0.1) is 5.52 Å². The van der Waals surface area contributed by atoms with Gasteiger partial charge in [-0.1, -0.05) is 18.5 Å². The van der Waals surface area contributed by atoms with Gasteiger partial charge in [-0.25, -0.2) is 0 Å². The molecular formula is C16H20ClN3.